The summed E-state index contributed by atoms with van der Waals surface area (Å²) in [5.41, 5.74) is 0.596. The van der Waals surface area contributed by atoms with E-state index in [1.807, 2.05) is 6.07 Å². The second kappa shape index (κ2) is 6.53. The summed E-state index contributed by atoms with van der Waals surface area (Å²) in [7, 11) is 0. The average Bonchev–Trinajstić information content (AvgIpc) is 2.48. The first-order valence-corrected chi connectivity index (χ1v) is 6.43. The Bertz CT molecular complexity index is 510. The first-order chi connectivity index (χ1) is 9.99. The van der Waals surface area contributed by atoms with Crippen molar-refractivity contribution in [2.75, 3.05) is 11.9 Å². The molecule has 1 heterocycles. The summed E-state index contributed by atoms with van der Waals surface area (Å²) in [5, 5.41) is 35.9. The van der Waals surface area contributed by atoms with Gasteiger partial charge >= 0.3 is 6.03 Å². The fourth-order valence-electron chi connectivity index (χ4n) is 2.00. The quantitative estimate of drug-likeness (QED) is 0.399. The van der Waals surface area contributed by atoms with E-state index in [0.29, 0.717) is 5.69 Å². The molecule has 1 aliphatic heterocycles. The second-order valence-electron chi connectivity index (χ2n) is 4.74. The van der Waals surface area contributed by atoms with Gasteiger partial charge in [-0.25, -0.2) is 4.79 Å². The van der Waals surface area contributed by atoms with Gasteiger partial charge in [0, 0.05) is 12.2 Å². The molecule has 8 nitrogen and oxygen atoms in total. The summed E-state index contributed by atoms with van der Waals surface area (Å²) in [4.78, 5) is 23.0. The van der Waals surface area contributed by atoms with Crippen molar-refractivity contribution < 1.29 is 24.9 Å². The first kappa shape index (κ1) is 15.2. The van der Waals surface area contributed by atoms with Crippen LogP contribution in [0.15, 0.2) is 30.3 Å². The molecule has 1 aliphatic rings. The van der Waals surface area contributed by atoms with Crippen LogP contribution in [0.4, 0.5) is 10.5 Å². The zero-order valence-corrected chi connectivity index (χ0v) is 11.1. The van der Waals surface area contributed by atoms with E-state index < -0.39 is 36.3 Å². The number of carbonyl (C=O) groups excluding carboxylic acids is 2. The van der Waals surface area contributed by atoms with E-state index in [1.165, 1.54) is 0 Å². The van der Waals surface area contributed by atoms with Crippen molar-refractivity contribution in [3.63, 3.8) is 0 Å². The van der Waals surface area contributed by atoms with E-state index in [0.717, 1.165) is 0 Å². The minimum absolute atomic E-state index is 0.0879. The van der Waals surface area contributed by atoms with Crippen molar-refractivity contribution in [1.29, 1.82) is 0 Å². The number of hydrogen-bond acceptors (Lipinski definition) is 5. The molecule has 1 fully saturated rings. The Balaban J connectivity index is 1.85. The lowest BCUT2D eigenvalue weighted by molar-refractivity contribution is -0.153. The predicted molar refractivity (Wildman–Crippen MR) is 73.4 cm³/mol. The molecule has 3 amide bonds. The van der Waals surface area contributed by atoms with Gasteiger partial charge in [0.25, 0.3) is 5.91 Å². The predicted octanol–water partition coefficient (Wildman–Crippen LogP) is -1.61. The summed E-state index contributed by atoms with van der Waals surface area (Å²) in [6.45, 7) is -0.0879. The number of anilines is 1. The number of aliphatic hydroxyl groups is 3. The SMILES string of the molecule is O=C(NC[C@H]1NC(=O)[C@H](O)[C@H](O)[C@@H]1O)Nc1ccccc1. The Labute approximate surface area is 120 Å². The molecule has 8 heteroatoms. The Hall–Kier alpha value is -2.16. The number of para-hydroxylation sites is 1. The summed E-state index contributed by atoms with van der Waals surface area (Å²) in [6, 6.07) is 7.36. The molecule has 0 radical (unpaired) electrons. The third kappa shape index (κ3) is 3.69. The van der Waals surface area contributed by atoms with E-state index in [1.54, 1.807) is 24.3 Å². The monoisotopic (exact) mass is 295 g/mol. The highest BCUT2D eigenvalue weighted by molar-refractivity contribution is 5.89. The lowest BCUT2D eigenvalue weighted by Crippen LogP contribution is -2.65. The average molecular weight is 295 g/mol. The van der Waals surface area contributed by atoms with Gasteiger partial charge in [0.05, 0.1) is 6.04 Å². The van der Waals surface area contributed by atoms with Crippen LogP contribution in [0.25, 0.3) is 0 Å². The molecule has 0 bridgehead atoms. The molecule has 1 aromatic rings. The van der Waals surface area contributed by atoms with Crippen LogP contribution in [-0.4, -0.2) is 58.2 Å². The number of amides is 3. The van der Waals surface area contributed by atoms with Crippen molar-refractivity contribution in [3.8, 4) is 0 Å². The Morgan fingerprint density at radius 3 is 2.48 bits per heavy atom. The molecule has 0 aliphatic carbocycles. The van der Waals surface area contributed by atoms with Crippen LogP contribution in [0, 0.1) is 0 Å². The van der Waals surface area contributed by atoms with Gasteiger partial charge < -0.3 is 31.3 Å². The maximum Gasteiger partial charge on any atom is 0.319 e. The van der Waals surface area contributed by atoms with E-state index in [9.17, 15) is 24.9 Å². The maximum absolute atomic E-state index is 11.7. The molecule has 2 rings (SSSR count). The standard InChI is InChI=1S/C13H17N3O5/c17-9-8(16-12(20)11(19)10(9)18)6-14-13(21)15-7-4-2-1-3-5-7/h1-5,8-11,17-19H,6H2,(H,16,20)(H2,14,15,21)/t8-,9-,10-,11-/m1/s1. The molecule has 114 valence electrons. The number of urea groups is 1. The number of carbonyl (C=O) groups is 2. The van der Waals surface area contributed by atoms with Gasteiger partial charge in [0.15, 0.2) is 6.10 Å². The highest BCUT2D eigenvalue weighted by Crippen LogP contribution is 2.11. The smallest absolute Gasteiger partial charge is 0.319 e. The van der Waals surface area contributed by atoms with Gasteiger partial charge in [-0.3, -0.25) is 4.79 Å². The molecule has 6 N–H and O–H groups in total. The van der Waals surface area contributed by atoms with Gasteiger partial charge in [-0.15, -0.1) is 0 Å². The van der Waals surface area contributed by atoms with E-state index in [2.05, 4.69) is 16.0 Å². The summed E-state index contributed by atoms with van der Waals surface area (Å²) < 4.78 is 0. The molecule has 1 saturated heterocycles. The molecule has 4 atom stereocenters. The van der Waals surface area contributed by atoms with E-state index in [-0.39, 0.29) is 6.54 Å². The van der Waals surface area contributed by atoms with Gasteiger partial charge in [-0.05, 0) is 12.1 Å². The molecule has 21 heavy (non-hydrogen) atoms. The van der Waals surface area contributed by atoms with Crippen LogP contribution in [-0.2, 0) is 4.79 Å². The summed E-state index contributed by atoms with van der Waals surface area (Å²) >= 11 is 0. The second-order valence-corrected chi connectivity index (χ2v) is 4.74. The van der Waals surface area contributed by atoms with Crippen LogP contribution < -0.4 is 16.0 Å². The van der Waals surface area contributed by atoms with Crippen molar-refractivity contribution in [2.45, 2.75) is 24.4 Å². The zero-order valence-electron chi connectivity index (χ0n) is 11.1. The number of nitrogens with one attached hydrogen (secondary N) is 3. The third-order valence-electron chi connectivity index (χ3n) is 3.20. The largest absolute Gasteiger partial charge is 0.388 e. The molecule has 0 aromatic heterocycles. The lowest BCUT2D eigenvalue weighted by atomic mass is 9.95. The van der Waals surface area contributed by atoms with Gasteiger partial charge in [0.1, 0.15) is 12.2 Å². The normalized spacial score (nSPS) is 28.6. The minimum Gasteiger partial charge on any atom is -0.388 e. The third-order valence-corrected chi connectivity index (χ3v) is 3.20. The molecule has 0 saturated carbocycles. The number of hydrogen-bond donors (Lipinski definition) is 6. The fourth-order valence-corrected chi connectivity index (χ4v) is 2.00. The highest BCUT2D eigenvalue weighted by atomic mass is 16.4. The van der Waals surface area contributed by atoms with Gasteiger partial charge in [-0.2, -0.15) is 0 Å². The topological polar surface area (TPSA) is 131 Å². The zero-order chi connectivity index (χ0) is 15.4. The first-order valence-electron chi connectivity index (χ1n) is 6.43. The number of benzene rings is 1. The van der Waals surface area contributed by atoms with Crippen molar-refractivity contribution >= 4 is 17.6 Å². The molecular weight excluding hydrogens is 278 g/mol. The molecular formula is C13H17N3O5. The molecule has 0 spiro atoms. The van der Waals surface area contributed by atoms with Crippen LogP contribution in [0.3, 0.4) is 0 Å². The number of piperidine rings is 1. The van der Waals surface area contributed by atoms with Crippen molar-refractivity contribution in [1.82, 2.24) is 10.6 Å². The van der Waals surface area contributed by atoms with Gasteiger partial charge in [-0.1, -0.05) is 18.2 Å². The van der Waals surface area contributed by atoms with Crippen molar-refractivity contribution in [3.05, 3.63) is 30.3 Å². The summed E-state index contributed by atoms with van der Waals surface area (Å²) in [6.07, 6.45) is -4.62. The van der Waals surface area contributed by atoms with Crippen LogP contribution in [0.5, 0.6) is 0 Å². The number of aliphatic hydroxyl groups excluding tert-OH is 3. The van der Waals surface area contributed by atoms with E-state index in [4.69, 9.17) is 0 Å². The Morgan fingerprint density at radius 2 is 1.81 bits per heavy atom. The summed E-state index contributed by atoms with van der Waals surface area (Å²) in [5.74, 6) is -0.789. The van der Waals surface area contributed by atoms with Crippen LogP contribution in [0.2, 0.25) is 0 Å². The Kier molecular flexibility index (Phi) is 4.73. The number of rotatable bonds is 3. The van der Waals surface area contributed by atoms with Gasteiger partial charge in [0.2, 0.25) is 0 Å². The van der Waals surface area contributed by atoms with Crippen molar-refractivity contribution in [2.24, 2.45) is 0 Å². The van der Waals surface area contributed by atoms with Crippen LogP contribution >= 0.6 is 0 Å². The minimum atomic E-state index is -1.67. The molecule has 1 aromatic carbocycles. The van der Waals surface area contributed by atoms with E-state index >= 15 is 0 Å². The van der Waals surface area contributed by atoms with Crippen LogP contribution in [0.1, 0.15) is 0 Å². The molecule has 0 unspecified atom stereocenters. The Morgan fingerprint density at radius 1 is 1.14 bits per heavy atom. The maximum atomic E-state index is 11.7. The fraction of sp³-hybridized carbons (Fsp3) is 0.385. The highest BCUT2D eigenvalue weighted by Gasteiger charge is 2.41. The lowest BCUT2D eigenvalue weighted by Gasteiger charge is -2.35.